The summed E-state index contributed by atoms with van der Waals surface area (Å²) in [5, 5.41) is 11.0. The second-order valence-electron chi connectivity index (χ2n) is 4.84. The first-order valence-corrected chi connectivity index (χ1v) is 7.08. The van der Waals surface area contributed by atoms with Crippen molar-refractivity contribution in [2.45, 2.75) is 31.9 Å². The molecule has 1 amide bonds. The number of para-hydroxylation sites is 1. The molecule has 1 aromatic rings. The molecule has 128 valence electrons. The third-order valence-electron chi connectivity index (χ3n) is 2.94. The number of hydrogen-bond acceptors (Lipinski definition) is 3. The van der Waals surface area contributed by atoms with Crippen molar-refractivity contribution < 1.29 is 32.6 Å². The number of carboxylic acid groups (broad SMARTS) is 1. The van der Waals surface area contributed by atoms with Crippen LogP contribution in [0, 0.1) is 0 Å². The lowest BCUT2D eigenvalue weighted by Gasteiger charge is -2.13. The average Bonchev–Trinajstić information content (AvgIpc) is 2.47. The van der Waals surface area contributed by atoms with Crippen molar-refractivity contribution in [2.75, 3.05) is 13.2 Å². The molecule has 0 saturated heterocycles. The molecule has 0 radical (unpaired) electrons. The Morgan fingerprint density at radius 2 is 1.83 bits per heavy atom. The summed E-state index contributed by atoms with van der Waals surface area (Å²) in [5.41, 5.74) is -0.929. The first-order chi connectivity index (χ1) is 10.8. The van der Waals surface area contributed by atoms with Crippen LogP contribution in [-0.2, 0) is 15.8 Å². The molecule has 0 aromatic heterocycles. The highest BCUT2D eigenvalue weighted by Crippen LogP contribution is 2.35. The Labute approximate surface area is 131 Å². The molecule has 0 aliphatic heterocycles. The van der Waals surface area contributed by atoms with Gasteiger partial charge in [0.1, 0.15) is 5.75 Å². The van der Waals surface area contributed by atoms with E-state index in [-0.39, 0.29) is 6.42 Å². The third-order valence-corrected chi connectivity index (χ3v) is 2.94. The van der Waals surface area contributed by atoms with Gasteiger partial charge in [-0.1, -0.05) is 18.6 Å². The number of hydrogen-bond donors (Lipinski definition) is 2. The number of unbranched alkanes of at least 4 members (excludes halogenated alkanes) is 2. The van der Waals surface area contributed by atoms with Crippen molar-refractivity contribution in [2.24, 2.45) is 0 Å². The van der Waals surface area contributed by atoms with Crippen LogP contribution in [0.5, 0.6) is 5.75 Å². The van der Waals surface area contributed by atoms with Gasteiger partial charge in [0.25, 0.3) is 5.91 Å². The van der Waals surface area contributed by atoms with Crippen molar-refractivity contribution in [3.8, 4) is 5.75 Å². The summed E-state index contributed by atoms with van der Waals surface area (Å²) in [4.78, 5) is 21.8. The molecule has 0 unspecified atom stereocenters. The molecule has 0 aliphatic rings. The minimum atomic E-state index is -4.54. The van der Waals surface area contributed by atoms with Crippen LogP contribution in [0.15, 0.2) is 24.3 Å². The molecule has 2 N–H and O–H groups in total. The molecular weight excluding hydrogens is 315 g/mol. The summed E-state index contributed by atoms with van der Waals surface area (Å²) in [6.07, 6.45) is -2.72. The number of aliphatic carboxylic acids is 1. The van der Waals surface area contributed by atoms with Crippen molar-refractivity contribution in [3.05, 3.63) is 29.8 Å². The lowest BCUT2D eigenvalue weighted by Crippen LogP contribution is -2.30. The minimum Gasteiger partial charge on any atom is -0.483 e. The summed E-state index contributed by atoms with van der Waals surface area (Å²) in [5.74, 6) is -1.79. The van der Waals surface area contributed by atoms with E-state index < -0.39 is 36.0 Å². The van der Waals surface area contributed by atoms with E-state index in [1.54, 1.807) is 0 Å². The van der Waals surface area contributed by atoms with E-state index in [1.165, 1.54) is 12.1 Å². The molecular formula is C15H18F3NO4. The maximum atomic E-state index is 12.7. The largest absolute Gasteiger partial charge is 0.483 e. The van der Waals surface area contributed by atoms with E-state index in [0.717, 1.165) is 12.1 Å². The minimum absolute atomic E-state index is 0.0747. The molecule has 0 fully saturated rings. The van der Waals surface area contributed by atoms with Crippen LogP contribution in [0.3, 0.4) is 0 Å². The van der Waals surface area contributed by atoms with Gasteiger partial charge in [-0.05, 0) is 25.0 Å². The van der Waals surface area contributed by atoms with Crippen LogP contribution < -0.4 is 10.1 Å². The van der Waals surface area contributed by atoms with E-state index in [0.29, 0.717) is 25.8 Å². The predicted octanol–water partition coefficient (Wildman–Crippen LogP) is 2.85. The standard InChI is InChI=1S/C15H18F3NO4/c16-15(17,18)11-6-3-4-7-12(11)23-10-13(20)19-9-5-1-2-8-14(21)22/h3-4,6-7H,1-2,5,8-10H2,(H,19,20)(H,21,22). The number of alkyl halides is 3. The van der Waals surface area contributed by atoms with Gasteiger partial charge < -0.3 is 15.2 Å². The number of carbonyl (C=O) groups is 2. The average molecular weight is 333 g/mol. The summed E-state index contributed by atoms with van der Waals surface area (Å²) < 4.78 is 43.1. The van der Waals surface area contributed by atoms with Crippen LogP contribution in [-0.4, -0.2) is 30.1 Å². The predicted molar refractivity (Wildman–Crippen MR) is 76.1 cm³/mol. The smallest absolute Gasteiger partial charge is 0.419 e. The monoisotopic (exact) mass is 333 g/mol. The molecule has 0 saturated carbocycles. The van der Waals surface area contributed by atoms with E-state index in [4.69, 9.17) is 9.84 Å². The molecule has 0 aliphatic carbocycles. The lowest BCUT2D eigenvalue weighted by molar-refractivity contribution is -0.139. The quantitative estimate of drug-likeness (QED) is 0.682. The summed E-state index contributed by atoms with van der Waals surface area (Å²) in [7, 11) is 0. The fourth-order valence-corrected chi connectivity index (χ4v) is 1.83. The van der Waals surface area contributed by atoms with Gasteiger partial charge in [-0.2, -0.15) is 13.2 Å². The maximum Gasteiger partial charge on any atom is 0.419 e. The molecule has 23 heavy (non-hydrogen) atoms. The van der Waals surface area contributed by atoms with E-state index in [1.807, 2.05) is 0 Å². The van der Waals surface area contributed by atoms with Crippen molar-refractivity contribution >= 4 is 11.9 Å². The molecule has 5 nitrogen and oxygen atoms in total. The van der Waals surface area contributed by atoms with E-state index >= 15 is 0 Å². The Balaban J connectivity index is 2.30. The molecule has 0 spiro atoms. The highest BCUT2D eigenvalue weighted by atomic mass is 19.4. The number of nitrogens with one attached hydrogen (secondary N) is 1. The molecule has 1 aromatic carbocycles. The Kier molecular flexibility index (Phi) is 7.37. The maximum absolute atomic E-state index is 12.7. The Morgan fingerprint density at radius 1 is 1.13 bits per heavy atom. The summed E-state index contributed by atoms with van der Waals surface area (Å²) in [6.45, 7) is -0.190. The Hall–Kier alpha value is -2.25. The number of carboxylic acids is 1. The first-order valence-electron chi connectivity index (χ1n) is 7.08. The van der Waals surface area contributed by atoms with Crippen LogP contribution >= 0.6 is 0 Å². The zero-order valence-corrected chi connectivity index (χ0v) is 12.4. The van der Waals surface area contributed by atoms with Crippen LogP contribution in [0.2, 0.25) is 0 Å². The Bertz CT molecular complexity index is 532. The highest BCUT2D eigenvalue weighted by molar-refractivity contribution is 5.77. The number of rotatable bonds is 9. The number of carbonyl (C=O) groups excluding carboxylic acids is 1. The fourth-order valence-electron chi connectivity index (χ4n) is 1.83. The van der Waals surface area contributed by atoms with E-state index in [2.05, 4.69) is 5.32 Å². The molecule has 0 atom stereocenters. The number of halogens is 3. The summed E-state index contributed by atoms with van der Waals surface area (Å²) >= 11 is 0. The lowest BCUT2D eigenvalue weighted by atomic mass is 10.2. The topological polar surface area (TPSA) is 75.6 Å². The van der Waals surface area contributed by atoms with Gasteiger partial charge >= 0.3 is 12.1 Å². The van der Waals surface area contributed by atoms with Crippen molar-refractivity contribution in [3.63, 3.8) is 0 Å². The zero-order valence-electron chi connectivity index (χ0n) is 12.4. The SMILES string of the molecule is O=C(O)CCCCCNC(=O)COc1ccccc1C(F)(F)F. The van der Waals surface area contributed by atoms with Crippen LogP contribution in [0.25, 0.3) is 0 Å². The summed E-state index contributed by atoms with van der Waals surface area (Å²) in [6, 6.07) is 4.68. The van der Waals surface area contributed by atoms with Gasteiger partial charge in [0.2, 0.25) is 0 Å². The number of amides is 1. The van der Waals surface area contributed by atoms with Crippen molar-refractivity contribution in [1.29, 1.82) is 0 Å². The molecule has 1 rings (SSSR count). The zero-order chi connectivity index (χ0) is 17.3. The highest BCUT2D eigenvalue weighted by Gasteiger charge is 2.34. The van der Waals surface area contributed by atoms with Gasteiger partial charge in [-0.3, -0.25) is 9.59 Å². The third kappa shape index (κ3) is 7.53. The fraction of sp³-hybridized carbons (Fsp3) is 0.467. The molecule has 0 heterocycles. The van der Waals surface area contributed by atoms with Gasteiger partial charge in [0, 0.05) is 13.0 Å². The number of benzene rings is 1. The van der Waals surface area contributed by atoms with E-state index in [9.17, 15) is 22.8 Å². The first kappa shape index (κ1) is 18.8. The van der Waals surface area contributed by atoms with Crippen LogP contribution in [0.1, 0.15) is 31.2 Å². The molecule has 8 heteroatoms. The normalized spacial score (nSPS) is 11.1. The number of ether oxygens (including phenoxy) is 1. The second kappa shape index (κ2) is 9.02. The second-order valence-corrected chi connectivity index (χ2v) is 4.84. The van der Waals surface area contributed by atoms with Gasteiger partial charge in [0.15, 0.2) is 6.61 Å². The van der Waals surface area contributed by atoms with Gasteiger partial charge in [-0.25, -0.2) is 0 Å². The van der Waals surface area contributed by atoms with Crippen LogP contribution in [0.4, 0.5) is 13.2 Å². The van der Waals surface area contributed by atoms with Gasteiger partial charge in [-0.15, -0.1) is 0 Å². The Morgan fingerprint density at radius 3 is 2.48 bits per heavy atom. The molecule has 0 bridgehead atoms. The van der Waals surface area contributed by atoms with Crippen molar-refractivity contribution in [1.82, 2.24) is 5.32 Å². The van der Waals surface area contributed by atoms with Gasteiger partial charge in [0.05, 0.1) is 5.56 Å².